The molecule has 1 amide bonds. The van der Waals surface area contributed by atoms with Crippen molar-refractivity contribution in [2.75, 3.05) is 6.54 Å². The predicted octanol–water partition coefficient (Wildman–Crippen LogP) is 3.52. The Morgan fingerprint density at radius 2 is 1.88 bits per heavy atom. The van der Waals surface area contributed by atoms with Crippen LogP contribution in [0.5, 0.6) is 5.75 Å². The highest BCUT2D eigenvalue weighted by atomic mass is 32.1. The molecule has 0 fully saturated rings. The zero-order valence-electron chi connectivity index (χ0n) is 13.3. The number of aliphatic hydroxyl groups is 1. The molecule has 0 saturated carbocycles. The molecule has 0 bridgehead atoms. The number of nitrogens with one attached hydrogen (secondary N) is 1. The predicted molar refractivity (Wildman–Crippen MR) is 96.3 cm³/mol. The number of hydrogen-bond donors (Lipinski definition) is 2. The SMILES string of the molecule is CC(Oc1ccccc1)C(=O)NCC(O)c1csc2ccccc12. The molecule has 2 unspecified atom stereocenters. The van der Waals surface area contributed by atoms with E-state index in [2.05, 4.69) is 5.32 Å². The quantitative estimate of drug-likeness (QED) is 0.721. The molecule has 2 aromatic carbocycles. The summed E-state index contributed by atoms with van der Waals surface area (Å²) in [7, 11) is 0. The third-order valence-electron chi connectivity index (χ3n) is 3.76. The van der Waals surface area contributed by atoms with Crippen molar-refractivity contribution in [1.82, 2.24) is 5.32 Å². The highest BCUT2D eigenvalue weighted by Gasteiger charge is 2.18. The van der Waals surface area contributed by atoms with Gasteiger partial charge in [-0.2, -0.15) is 0 Å². The third-order valence-corrected chi connectivity index (χ3v) is 4.75. The molecule has 1 heterocycles. The molecule has 0 aliphatic rings. The first-order valence-corrected chi connectivity index (χ1v) is 8.66. The van der Waals surface area contributed by atoms with Gasteiger partial charge in [0.1, 0.15) is 5.75 Å². The summed E-state index contributed by atoms with van der Waals surface area (Å²) in [5.74, 6) is 0.391. The fourth-order valence-electron chi connectivity index (χ4n) is 2.46. The van der Waals surface area contributed by atoms with Crippen LogP contribution in [0.2, 0.25) is 0 Å². The summed E-state index contributed by atoms with van der Waals surface area (Å²) in [5.41, 5.74) is 0.840. The minimum absolute atomic E-state index is 0.155. The second-order valence-corrected chi connectivity index (χ2v) is 6.43. The van der Waals surface area contributed by atoms with Gasteiger partial charge in [-0.1, -0.05) is 36.4 Å². The molecule has 0 spiro atoms. The van der Waals surface area contributed by atoms with Crippen LogP contribution in [0.3, 0.4) is 0 Å². The molecule has 0 aliphatic carbocycles. The fraction of sp³-hybridized carbons (Fsp3) is 0.211. The molecule has 24 heavy (non-hydrogen) atoms. The Balaban J connectivity index is 1.57. The minimum Gasteiger partial charge on any atom is -0.481 e. The van der Waals surface area contributed by atoms with Crippen LogP contribution in [-0.2, 0) is 4.79 Å². The maximum Gasteiger partial charge on any atom is 0.260 e. The zero-order chi connectivity index (χ0) is 16.9. The number of carbonyl (C=O) groups is 1. The van der Waals surface area contributed by atoms with Crippen LogP contribution in [0.4, 0.5) is 0 Å². The molecular weight excluding hydrogens is 322 g/mol. The average Bonchev–Trinajstić information content (AvgIpc) is 3.04. The van der Waals surface area contributed by atoms with Crippen LogP contribution in [-0.4, -0.2) is 23.7 Å². The Labute approximate surface area is 144 Å². The number of carbonyl (C=O) groups excluding carboxylic acids is 1. The summed E-state index contributed by atoms with van der Waals surface area (Å²) in [6.45, 7) is 1.84. The van der Waals surface area contributed by atoms with Gasteiger partial charge in [-0.15, -0.1) is 11.3 Å². The maximum atomic E-state index is 12.1. The highest BCUT2D eigenvalue weighted by molar-refractivity contribution is 7.17. The van der Waals surface area contributed by atoms with E-state index in [4.69, 9.17) is 4.74 Å². The standard InChI is InChI=1S/C19H19NO3S/c1-13(23-14-7-3-2-4-8-14)19(22)20-11-17(21)16-12-24-18-10-6-5-9-15(16)18/h2-10,12-13,17,21H,11H2,1H3,(H,20,22). The van der Waals surface area contributed by atoms with Gasteiger partial charge in [-0.05, 0) is 35.9 Å². The normalized spacial score (nSPS) is 13.4. The Morgan fingerprint density at radius 1 is 1.17 bits per heavy atom. The molecule has 0 radical (unpaired) electrons. The number of hydrogen-bond acceptors (Lipinski definition) is 4. The first-order chi connectivity index (χ1) is 11.6. The van der Waals surface area contributed by atoms with Gasteiger partial charge in [0.2, 0.25) is 0 Å². The number of amides is 1. The van der Waals surface area contributed by atoms with E-state index in [0.29, 0.717) is 5.75 Å². The Morgan fingerprint density at radius 3 is 2.67 bits per heavy atom. The van der Waals surface area contributed by atoms with E-state index in [1.165, 1.54) is 0 Å². The van der Waals surface area contributed by atoms with Gasteiger partial charge in [0.05, 0.1) is 6.10 Å². The lowest BCUT2D eigenvalue weighted by Crippen LogP contribution is -2.38. The first-order valence-electron chi connectivity index (χ1n) is 7.79. The lowest BCUT2D eigenvalue weighted by Gasteiger charge is -2.16. The molecule has 3 rings (SSSR count). The highest BCUT2D eigenvalue weighted by Crippen LogP contribution is 2.29. The fourth-order valence-corrected chi connectivity index (χ4v) is 3.47. The largest absolute Gasteiger partial charge is 0.481 e. The second kappa shape index (κ2) is 7.47. The van der Waals surface area contributed by atoms with Crippen LogP contribution < -0.4 is 10.1 Å². The zero-order valence-corrected chi connectivity index (χ0v) is 14.1. The molecule has 1 aromatic heterocycles. The number of para-hydroxylation sites is 1. The van der Waals surface area contributed by atoms with E-state index in [1.807, 2.05) is 47.8 Å². The lowest BCUT2D eigenvalue weighted by atomic mass is 10.1. The van der Waals surface area contributed by atoms with E-state index >= 15 is 0 Å². The first kappa shape index (κ1) is 16.5. The van der Waals surface area contributed by atoms with Crippen molar-refractivity contribution in [3.8, 4) is 5.75 Å². The number of fused-ring (bicyclic) bond motifs is 1. The Kier molecular flexibility index (Phi) is 5.13. The van der Waals surface area contributed by atoms with Crippen LogP contribution in [0.15, 0.2) is 60.0 Å². The molecule has 4 nitrogen and oxygen atoms in total. The second-order valence-electron chi connectivity index (χ2n) is 5.52. The van der Waals surface area contributed by atoms with Crippen molar-refractivity contribution in [2.24, 2.45) is 0 Å². The summed E-state index contributed by atoms with van der Waals surface area (Å²) in [4.78, 5) is 12.1. The van der Waals surface area contributed by atoms with Crippen molar-refractivity contribution < 1.29 is 14.6 Å². The van der Waals surface area contributed by atoms with Crippen molar-refractivity contribution in [2.45, 2.75) is 19.1 Å². The topological polar surface area (TPSA) is 58.6 Å². The van der Waals surface area contributed by atoms with E-state index in [9.17, 15) is 9.90 Å². The van der Waals surface area contributed by atoms with Crippen molar-refractivity contribution >= 4 is 27.3 Å². The number of thiophene rings is 1. The molecular formula is C19H19NO3S. The molecule has 2 atom stereocenters. The molecule has 0 aliphatic heterocycles. The number of rotatable bonds is 6. The molecule has 2 N–H and O–H groups in total. The summed E-state index contributed by atoms with van der Waals surface area (Å²) < 4.78 is 6.70. The van der Waals surface area contributed by atoms with Crippen molar-refractivity contribution in [1.29, 1.82) is 0 Å². The number of benzene rings is 2. The molecule has 0 saturated heterocycles. The van der Waals surface area contributed by atoms with Gasteiger partial charge in [-0.25, -0.2) is 0 Å². The summed E-state index contributed by atoms with van der Waals surface area (Å²) in [6.07, 6.45) is -1.37. The van der Waals surface area contributed by atoms with Gasteiger partial charge in [-0.3, -0.25) is 4.79 Å². The van der Waals surface area contributed by atoms with Crippen molar-refractivity contribution in [3.63, 3.8) is 0 Å². The summed E-state index contributed by atoms with van der Waals surface area (Å²) >= 11 is 1.59. The number of ether oxygens (including phenoxy) is 1. The van der Waals surface area contributed by atoms with E-state index in [0.717, 1.165) is 15.6 Å². The van der Waals surface area contributed by atoms with Crippen molar-refractivity contribution in [3.05, 3.63) is 65.5 Å². The maximum absolute atomic E-state index is 12.1. The van der Waals surface area contributed by atoms with Gasteiger partial charge in [0.25, 0.3) is 5.91 Å². The van der Waals surface area contributed by atoms with Crippen LogP contribution in [0.25, 0.3) is 10.1 Å². The smallest absolute Gasteiger partial charge is 0.260 e. The van der Waals surface area contributed by atoms with Crippen LogP contribution in [0, 0.1) is 0 Å². The lowest BCUT2D eigenvalue weighted by molar-refractivity contribution is -0.127. The van der Waals surface area contributed by atoms with Crippen LogP contribution in [0.1, 0.15) is 18.6 Å². The average molecular weight is 341 g/mol. The molecule has 3 aromatic rings. The van der Waals surface area contributed by atoms with Gasteiger partial charge in [0.15, 0.2) is 6.10 Å². The Bertz CT molecular complexity index is 816. The van der Waals surface area contributed by atoms with Crippen LogP contribution >= 0.6 is 11.3 Å². The third kappa shape index (κ3) is 3.75. The van der Waals surface area contributed by atoms with Gasteiger partial charge < -0.3 is 15.2 Å². The van der Waals surface area contributed by atoms with E-state index in [-0.39, 0.29) is 12.5 Å². The van der Waals surface area contributed by atoms with Gasteiger partial charge in [0, 0.05) is 16.8 Å². The monoisotopic (exact) mass is 341 g/mol. The van der Waals surface area contributed by atoms with E-state index in [1.54, 1.807) is 30.4 Å². The number of aliphatic hydroxyl groups excluding tert-OH is 1. The Hall–Kier alpha value is -2.37. The molecule has 124 valence electrons. The summed E-state index contributed by atoms with van der Waals surface area (Å²) in [6, 6.07) is 17.1. The van der Waals surface area contributed by atoms with Gasteiger partial charge >= 0.3 is 0 Å². The van der Waals surface area contributed by atoms with E-state index < -0.39 is 12.2 Å². The summed E-state index contributed by atoms with van der Waals surface area (Å²) in [5, 5.41) is 16.1. The minimum atomic E-state index is -0.742. The molecule has 5 heteroatoms.